The van der Waals surface area contributed by atoms with Gasteiger partial charge in [0.15, 0.2) is 0 Å². The SMILES string of the molecule is CCCCCCCC/C=C\CCCCCCCCCC(=O)OCCCC/C=C\CCCCCCC(=O)NC(CO)C(O)CCCCCCCCCCCC. The molecule has 0 bridgehead atoms. The van der Waals surface area contributed by atoms with E-state index in [2.05, 4.69) is 43.5 Å². The third-order valence-corrected chi connectivity index (χ3v) is 10.7. The highest BCUT2D eigenvalue weighted by molar-refractivity contribution is 5.76. The fourth-order valence-corrected chi connectivity index (χ4v) is 7.04. The quantitative estimate of drug-likeness (QED) is 0.0327. The van der Waals surface area contributed by atoms with E-state index >= 15 is 0 Å². The Labute approximate surface area is 335 Å². The van der Waals surface area contributed by atoms with E-state index in [1.165, 1.54) is 135 Å². The van der Waals surface area contributed by atoms with Crippen LogP contribution in [0.2, 0.25) is 0 Å². The third kappa shape index (κ3) is 40.0. The molecule has 3 N–H and O–H groups in total. The van der Waals surface area contributed by atoms with Crippen LogP contribution in [-0.4, -0.2) is 47.4 Å². The van der Waals surface area contributed by atoms with Crippen molar-refractivity contribution in [2.24, 2.45) is 0 Å². The van der Waals surface area contributed by atoms with Crippen molar-refractivity contribution in [3.8, 4) is 0 Å². The summed E-state index contributed by atoms with van der Waals surface area (Å²) in [6.07, 6.45) is 50.0. The monoisotopic (exact) mass is 762 g/mol. The Bertz CT molecular complexity index is 843. The van der Waals surface area contributed by atoms with Gasteiger partial charge in [-0.05, 0) is 77.0 Å². The number of esters is 1. The fraction of sp³-hybridized carbons (Fsp3) is 0.875. The smallest absolute Gasteiger partial charge is 0.305 e. The number of aliphatic hydroxyl groups excluding tert-OH is 2. The average molecular weight is 762 g/mol. The van der Waals surface area contributed by atoms with Gasteiger partial charge in [-0.15, -0.1) is 0 Å². The minimum Gasteiger partial charge on any atom is -0.466 e. The molecule has 318 valence electrons. The molecule has 2 unspecified atom stereocenters. The second-order valence-electron chi connectivity index (χ2n) is 16.1. The van der Waals surface area contributed by atoms with Crippen molar-refractivity contribution >= 4 is 11.9 Å². The van der Waals surface area contributed by atoms with Crippen molar-refractivity contribution in [1.29, 1.82) is 0 Å². The predicted molar refractivity (Wildman–Crippen MR) is 232 cm³/mol. The Morgan fingerprint density at radius 2 is 0.870 bits per heavy atom. The third-order valence-electron chi connectivity index (χ3n) is 10.7. The zero-order valence-electron chi connectivity index (χ0n) is 36.0. The number of ether oxygens (including phenoxy) is 1. The van der Waals surface area contributed by atoms with E-state index < -0.39 is 12.1 Å². The zero-order chi connectivity index (χ0) is 39.4. The van der Waals surface area contributed by atoms with Crippen LogP contribution in [0.3, 0.4) is 0 Å². The summed E-state index contributed by atoms with van der Waals surface area (Å²) in [4.78, 5) is 24.4. The molecule has 0 fully saturated rings. The molecule has 6 heteroatoms. The van der Waals surface area contributed by atoms with Crippen LogP contribution < -0.4 is 5.32 Å². The van der Waals surface area contributed by atoms with Crippen LogP contribution in [0.4, 0.5) is 0 Å². The van der Waals surface area contributed by atoms with Gasteiger partial charge in [0.2, 0.25) is 5.91 Å². The van der Waals surface area contributed by atoms with Crippen LogP contribution >= 0.6 is 0 Å². The minimum atomic E-state index is -0.684. The largest absolute Gasteiger partial charge is 0.466 e. The van der Waals surface area contributed by atoms with Crippen LogP contribution in [-0.2, 0) is 14.3 Å². The molecule has 6 nitrogen and oxygen atoms in total. The summed E-state index contributed by atoms with van der Waals surface area (Å²) in [6.45, 7) is 4.83. The van der Waals surface area contributed by atoms with Crippen molar-refractivity contribution < 1.29 is 24.5 Å². The number of carbonyl (C=O) groups excluding carboxylic acids is 2. The first kappa shape index (κ1) is 52.3. The van der Waals surface area contributed by atoms with Crippen LogP contribution in [0.1, 0.15) is 245 Å². The predicted octanol–water partition coefficient (Wildman–Crippen LogP) is 13.6. The molecule has 0 radical (unpaired) electrons. The lowest BCUT2D eigenvalue weighted by Crippen LogP contribution is -2.45. The summed E-state index contributed by atoms with van der Waals surface area (Å²) in [6, 6.07) is -0.565. The Balaban J connectivity index is 3.51. The number of unbranched alkanes of at least 4 members (excludes halogenated alkanes) is 28. The lowest BCUT2D eigenvalue weighted by Gasteiger charge is -2.22. The summed E-state index contributed by atoms with van der Waals surface area (Å²) in [5.41, 5.74) is 0. The van der Waals surface area contributed by atoms with Crippen LogP contribution in [0.25, 0.3) is 0 Å². The lowest BCUT2D eigenvalue weighted by atomic mass is 10.0. The van der Waals surface area contributed by atoms with E-state index in [4.69, 9.17) is 4.74 Å². The molecular formula is C48H91NO5. The number of hydrogen-bond acceptors (Lipinski definition) is 5. The molecule has 0 aliphatic rings. The number of nitrogens with one attached hydrogen (secondary N) is 1. The average Bonchev–Trinajstić information content (AvgIpc) is 3.17. The second kappa shape index (κ2) is 44.1. The van der Waals surface area contributed by atoms with Gasteiger partial charge in [0.25, 0.3) is 0 Å². The molecule has 0 rings (SSSR count). The van der Waals surface area contributed by atoms with E-state index in [-0.39, 0.29) is 18.5 Å². The van der Waals surface area contributed by atoms with Crippen LogP contribution in [0.15, 0.2) is 24.3 Å². The van der Waals surface area contributed by atoms with Crippen LogP contribution in [0, 0.1) is 0 Å². The molecule has 0 aromatic carbocycles. The summed E-state index contributed by atoms with van der Waals surface area (Å²) in [5, 5.41) is 23.0. The normalized spacial score (nSPS) is 12.9. The maximum absolute atomic E-state index is 12.4. The molecule has 0 heterocycles. The Morgan fingerprint density at radius 3 is 1.31 bits per heavy atom. The molecule has 0 saturated carbocycles. The highest BCUT2D eigenvalue weighted by Gasteiger charge is 2.20. The van der Waals surface area contributed by atoms with Crippen molar-refractivity contribution in [3.05, 3.63) is 24.3 Å². The number of aliphatic hydroxyl groups is 2. The van der Waals surface area contributed by atoms with Crippen molar-refractivity contribution in [2.75, 3.05) is 13.2 Å². The van der Waals surface area contributed by atoms with Gasteiger partial charge in [0, 0.05) is 12.8 Å². The van der Waals surface area contributed by atoms with Gasteiger partial charge in [-0.25, -0.2) is 0 Å². The highest BCUT2D eigenvalue weighted by atomic mass is 16.5. The Morgan fingerprint density at radius 1 is 0.500 bits per heavy atom. The highest BCUT2D eigenvalue weighted by Crippen LogP contribution is 2.15. The summed E-state index contributed by atoms with van der Waals surface area (Å²) in [5.74, 6) is -0.114. The van der Waals surface area contributed by atoms with E-state index in [9.17, 15) is 19.8 Å². The van der Waals surface area contributed by atoms with Crippen molar-refractivity contribution in [3.63, 3.8) is 0 Å². The van der Waals surface area contributed by atoms with Gasteiger partial charge in [-0.1, -0.05) is 179 Å². The standard InChI is InChI=1S/C48H91NO5/c1-3-5-7-9-11-13-15-16-17-18-19-20-21-26-30-34-38-42-48(53)54-43-39-35-31-27-23-22-25-29-33-37-41-47(52)49-45(44-50)46(51)40-36-32-28-24-14-12-10-8-6-4-2/h16-17,23,27,45-46,50-51H,3-15,18-22,24-26,28-44H2,1-2H3,(H,49,52)/b17-16-,27-23-. The van der Waals surface area contributed by atoms with E-state index in [1.807, 2.05) is 0 Å². The Kier molecular flexibility index (Phi) is 42.7. The first-order chi connectivity index (χ1) is 26.5. The van der Waals surface area contributed by atoms with E-state index in [1.54, 1.807) is 0 Å². The van der Waals surface area contributed by atoms with Gasteiger partial charge >= 0.3 is 5.97 Å². The molecule has 2 atom stereocenters. The van der Waals surface area contributed by atoms with Crippen molar-refractivity contribution in [1.82, 2.24) is 5.32 Å². The number of amides is 1. The molecule has 0 aliphatic carbocycles. The van der Waals surface area contributed by atoms with Crippen LogP contribution in [0.5, 0.6) is 0 Å². The zero-order valence-corrected chi connectivity index (χ0v) is 36.0. The fourth-order valence-electron chi connectivity index (χ4n) is 7.04. The molecule has 54 heavy (non-hydrogen) atoms. The Hall–Kier alpha value is -1.66. The van der Waals surface area contributed by atoms with Gasteiger partial charge in [0.1, 0.15) is 0 Å². The molecular weight excluding hydrogens is 671 g/mol. The number of hydrogen-bond donors (Lipinski definition) is 3. The molecule has 0 spiro atoms. The van der Waals surface area contributed by atoms with Gasteiger partial charge in [0.05, 0.1) is 25.4 Å². The number of rotatable bonds is 43. The first-order valence-electron chi connectivity index (χ1n) is 23.6. The maximum Gasteiger partial charge on any atom is 0.305 e. The van der Waals surface area contributed by atoms with Gasteiger partial charge < -0.3 is 20.3 Å². The summed E-state index contributed by atoms with van der Waals surface area (Å²) < 4.78 is 5.43. The minimum absolute atomic E-state index is 0.0406. The van der Waals surface area contributed by atoms with Gasteiger partial charge in [-0.3, -0.25) is 9.59 Å². The molecule has 1 amide bonds. The number of allylic oxidation sites excluding steroid dienone is 4. The van der Waals surface area contributed by atoms with Gasteiger partial charge in [-0.2, -0.15) is 0 Å². The second-order valence-corrected chi connectivity index (χ2v) is 16.1. The van der Waals surface area contributed by atoms with E-state index in [0.717, 1.165) is 77.0 Å². The number of carbonyl (C=O) groups is 2. The maximum atomic E-state index is 12.4. The molecule has 0 aromatic heterocycles. The molecule has 0 aromatic rings. The summed E-state index contributed by atoms with van der Waals surface area (Å²) in [7, 11) is 0. The molecule has 0 saturated heterocycles. The first-order valence-corrected chi connectivity index (χ1v) is 23.6. The van der Waals surface area contributed by atoms with E-state index in [0.29, 0.717) is 25.9 Å². The molecule has 0 aliphatic heterocycles. The summed E-state index contributed by atoms with van der Waals surface area (Å²) >= 11 is 0. The van der Waals surface area contributed by atoms with Crippen molar-refractivity contribution in [2.45, 2.75) is 257 Å². The lowest BCUT2D eigenvalue weighted by molar-refractivity contribution is -0.143. The topological polar surface area (TPSA) is 95.9 Å².